The molecule has 0 aliphatic rings. The summed E-state index contributed by atoms with van der Waals surface area (Å²) in [4.78, 5) is 36.9. The number of aryl methyl sites for hydroxylation is 1. The maximum atomic E-state index is 12.6. The van der Waals surface area contributed by atoms with Gasteiger partial charge in [0.15, 0.2) is 12.3 Å². The maximum absolute atomic E-state index is 12.6. The highest BCUT2D eigenvalue weighted by molar-refractivity contribution is 6.04. The summed E-state index contributed by atoms with van der Waals surface area (Å²) in [6.45, 7) is 6.06. The second-order valence-corrected chi connectivity index (χ2v) is 7.67. The Balaban J connectivity index is 1.48. The summed E-state index contributed by atoms with van der Waals surface area (Å²) in [7, 11) is 1.63. The molecule has 2 N–H and O–H groups in total. The number of nitrogens with zero attached hydrogens (tertiary/aromatic N) is 2. The van der Waals surface area contributed by atoms with Crippen LogP contribution in [0.3, 0.4) is 0 Å². The highest BCUT2D eigenvalue weighted by Crippen LogP contribution is 2.21. The van der Waals surface area contributed by atoms with E-state index in [1.807, 2.05) is 43.5 Å². The van der Waals surface area contributed by atoms with Crippen LogP contribution in [0.5, 0.6) is 0 Å². The van der Waals surface area contributed by atoms with Crippen LogP contribution < -0.4 is 5.32 Å². The van der Waals surface area contributed by atoms with Gasteiger partial charge in [0.2, 0.25) is 5.78 Å². The molecule has 32 heavy (non-hydrogen) atoms. The Kier molecular flexibility index (Phi) is 7.42. The predicted molar refractivity (Wildman–Crippen MR) is 119 cm³/mol. The molecule has 1 atom stereocenters. The molecular formula is C23H28N4O5. The number of esters is 1. The molecule has 3 rings (SSSR count). The number of ketones is 1. The molecule has 9 nitrogen and oxygen atoms in total. The van der Waals surface area contributed by atoms with E-state index < -0.39 is 5.97 Å². The monoisotopic (exact) mass is 440 g/mol. The fourth-order valence-corrected chi connectivity index (χ4v) is 3.85. The fourth-order valence-electron chi connectivity index (χ4n) is 3.85. The number of amides is 1. The smallest absolute Gasteiger partial charge is 0.308 e. The molecule has 9 heteroatoms. The largest absolute Gasteiger partial charge is 0.457 e. The standard InChI is InChI=1S/C23H28N4O5/c1-14-11-18(16(3)27(14)15(2)12-31-4)20(28)13-32-21(29)9-10-24-23(30)22-17-7-5-6-8-19(17)25-26-22/h5-8,11,15H,9-10,12-13H2,1-4H3,(H,24,30)(H,25,26). The summed E-state index contributed by atoms with van der Waals surface area (Å²) in [6.07, 6.45) is -0.0503. The first-order valence-electron chi connectivity index (χ1n) is 10.4. The van der Waals surface area contributed by atoms with E-state index in [1.165, 1.54) is 0 Å². The van der Waals surface area contributed by atoms with E-state index in [-0.39, 0.29) is 43.0 Å². The van der Waals surface area contributed by atoms with E-state index in [9.17, 15) is 14.4 Å². The highest BCUT2D eigenvalue weighted by atomic mass is 16.5. The molecule has 170 valence electrons. The van der Waals surface area contributed by atoms with Gasteiger partial charge in [-0.25, -0.2) is 0 Å². The zero-order chi connectivity index (χ0) is 23.3. The predicted octanol–water partition coefficient (Wildman–Crippen LogP) is 2.73. The van der Waals surface area contributed by atoms with Crippen LogP contribution >= 0.6 is 0 Å². The van der Waals surface area contributed by atoms with Crippen molar-refractivity contribution in [2.45, 2.75) is 33.2 Å². The minimum absolute atomic E-state index is 0.0503. The van der Waals surface area contributed by atoms with Gasteiger partial charge in [0.05, 0.1) is 24.6 Å². The van der Waals surface area contributed by atoms with Crippen LogP contribution in [0.2, 0.25) is 0 Å². The second kappa shape index (κ2) is 10.2. The third-order valence-electron chi connectivity index (χ3n) is 5.30. The molecule has 0 radical (unpaired) electrons. The Bertz CT molecular complexity index is 1130. The number of rotatable bonds is 10. The quantitative estimate of drug-likeness (QED) is 0.370. The van der Waals surface area contributed by atoms with Gasteiger partial charge in [0.1, 0.15) is 0 Å². The third-order valence-corrected chi connectivity index (χ3v) is 5.30. The molecule has 0 aliphatic carbocycles. The second-order valence-electron chi connectivity index (χ2n) is 7.67. The molecule has 2 aromatic heterocycles. The minimum atomic E-state index is -0.563. The van der Waals surface area contributed by atoms with Crippen molar-refractivity contribution < 1.29 is 23.9 Å². The number of carbonyl (C=O) groups excluding carboxylic acids is 3. The lowest BCUT2D eigenvalue weighted by Crippen LogP contribution is -2.27. The van der Waals surface area contributed by atoms with Gasteiger partial charge in [0, 0.05) is 36.0 Å². The van der Waals surface area contributed by atoms with Gasteiger partial charge < -0.3 is 19.4 Å². The van der Waals surface area contributed by atoms with Gasteiger partial charge in [-0.2, -0.15) is 5.10 Å². The van der Waals surface area contributed by atoms with Crippen molar-refractivity contribution in [3.05, 3.63) is 53.0 Å². The minimum Gasteiger partial charge on any atom is -0.457 e. The molecular weight excluding hydrogens is 412 g/mol. The van der Waals surface area contributed by atoms with Crippen LogP contribution in [0.1, 0.15) is 51.6 Å². The average Bonchev–Trinajstić information content (AvgIpc) is 3.32. The van der Waals surface area contributed by atoms with Crippen molar-refractivity contribution >= 4 is 28.6 Å². The van der Waals surface area contributed by atoms with Crippen molar-refractivity contribution in [1.29, 1.82) is 0 Å². The van der Waals surface area contributed by atoms with Crippen molar-refractivity contribution in [3.63, 3.8) is 0 Å². The number of nitrogens with one attached hydrogen (secondary N) is 2. The normalized spacial score (nSPS) is 12.0. The topological polar surface area (TPSA) is 115 Å². The lowest BCUT2D eigenvalue weighted by Gasteiger charge is -2.17. The van der Waals surface area contributed by atoms with E-state index in [0.717, 1.165) is 16.9 Å². The maximum Gasteiger partial charge on any atom is 0.308 e. The number of Topliss-reactive ketones (excluding diaryl/α,β-unsaturated/α-hetero) is 1. The number of para-hydroxylation sites is 1. The number of methoxy groups -OCH3 is 1. The van der Waals surface area contributed by atoms with Gasteiger partial charge >= 0.3 is 5.97 Å². The lowest BCUT2D eigenvalue weighted by atomic mass is 10.1. The van der Waals surface area contributed by atoms with E-state index in [2.05, 4.69) is 15.5 Å². The molecule has 0 aliphatic heterocycles. The summed E-state index contributed by atoms with van der Waals surface area (Å²) >= 11 is 0. The van der Waals surface area contributed by atoms with Crippen molar-refractivity contribution in [2.75, 3.05) is 26.9 Å². The van der Waals surface area contributed by atoms with Gasteiger partial charge in [0.25, 0.3) is 5.91 Å². The van der Waals surface area contributed by atoms with Gasteiger partial charge in [-0.15, -0.1) is 0 Å². The van der Waals surface area contributed by atoms with E-state index in [4.69, 9.17) is 9.47 Å². The van der Waals surface area contributed by atoms with Crippen molar-refractivity contribution in [2.24, 2.45) is 0 Å². The van der Waals surface area contributed by atoms with Crippen LogP contribution in [-0.2, 0) is 14.3 Å². The number of H-pyrrole nitrogens is 1. The first-order valence-corrected chi connectivity index (χ1v) is 10.4. The van der Waals surface area contributed by atoms with E-state index in [1.54, 1.807) is 19.2 Å². The average molecular weight is 441 g/mol. The Morgan fingerprint density at radius 2 is 1.97 bits per heavy atom. The number of fused-ring (bicyclic) bond motifs is 1. The number of aromatic nitrogens is 3. The Morgan fingerprint density at radius 3 is 2.72 bits per heavy atom. The molecule has 1 amide bonds. The fraction of sp³-hybridized carbons (Fsp3) is 0.391. The molecule has 1 aromatic carbocycles. The van der Waals surface area contributed by atoms with E-state index in [0.29, 0.717) is 17.6 Å². The van der Waals surface area contributed by atoms with Crippen LogP contribution in [0.4, 0.5) is 0 Å². The number of ether oxygens (including phenoxy) is 2. The molecule has 0 saturated carbocycles. The van der Waals surface area contributed by atoms with Crippen LogP contribution in [0, 0.1) is 13.8 Å². The summed E-state index contributed by atoms with van der Waals surface area (Å²) < 4.78 is 12.4. The molecule has 2 heterocycles. The number of benzene rings is 1. The van der Waals surface area contributed by atoms with E-state index >= 15 is 0 Å². The summed E-state index contributed by atoms with van der Waals surface area (Å²) in [6, 6.07) is 9.16. The Labute approximate surface area is 186 Å². The van der Waals surface area contributed by atoms with Gasteiger partial charge in [-0.3, -0.25) is 19.5 Å². The highest BCUT2D eigenvalue weighted by Gasteiger charge is 2.20. The molecule has 1 unspecified atom stereocenters. The molecule has 0 saturated heterocycles. The van der Waals surface area contributed by atoms with Crippen molar-refractivity contribution in [1.82, 2.24) is 20.1 Å². The summed E-state index contributed by atoms with van der Waals surface area (Å²) in [5.41, 5.74) is 3.30. The van der Waals surface area contributed by atoms with Crippen LogP contribution in [0.25, 0.3) is 10.9 Å². The van der Waals surface area contributed by atoms with Crippen molar-refractivity contribution in [3.8, 4) is 0 Å². The van der Waals surface area contributed by atoms with Gasteiger partial charge in [-0.05, 0) is 32.9 Å². The number of hydrogen-bond acceptors (Lipinski definition) is 6. The first kappa shape index (κ1) is 23.2. The van der Waals surface area contributed by atoms with Gasteiger partial charge in [-0.1, -0.05) is 18.2 Å². The summed E-state index contributed by atoms with van der Waals surface area (Å²) in [5, 5.41) is 10.2. The molecule has 0 spiro atoms. The number of aromatic amines is 1. The number of carbonyl (C=O) groups is 3. The zero-order valence-corrected chi connectivity index (χ0v) is 18.7. The molecule has 3 aromatic rings. The number of hydrogen-bond donors (Lipinski definition) is 2. The first-order chi connectivity index (χ1) is 15.3. The van der Waals surface area contributed by atoms with Crippen LogP contribution in [-0.4, -0.2) is 59.3 Å². The van der Waals surface area contributed by atoms with Crippen LogP contribution in [0.15, 0.2) is 30.3 Å². The lowest BCUT2D eigenvalue weighted by molar-refractivity contribution is -0.142. The molecule has 0 bridgehead atoms. The Morgan fingerprint density at radius 1 is 1.22 bits per heavy atom. The Hall–Kier alpha value is -3.46. The zero-order valence-electron chi connectivity index (χ0n) is 18.7. The SMILES string of the molecule is COCC(C)n1c(C)cc(C(=O)COC(=O)CCNC(=O)c2n[nH]c3ccccc23)c1C. The molecule has 0 fully saturated rings. The summed E-state index contributed by atoms with van der Waals surface area (Å²) in [5.74, 6) is -1.22. The third kappa shape index (κ3) is 5.05.